The minimum Gasteiger partial charge on any atom is -0.390 e. The van der Waals surface area contributed by atoms with Crippen molar-refractivity contribution < 1.29 is 23.1 Å². The predicted octanol–water partition coefficient (Wildman–Crippen LogP) is 5.56. The number of aliphatic hydroxyl groups is 1. The second-order valence-corrected chi connectivity index (χ2v) is 16.9. The molecule has 0 radical (unpaired) electrons. The zero-order chi connectivity index (χ0) is 38.8. The summed E-state index contributed by atoms with van der Waals surface area (Å²) in [6.07, 6.45) is 3.00. The van der Waals surface area contributed by atoms with E-state index in [1.807, 2.05) is 75.5 Å². The Hall–Kier alpha value is -4.57. The Labute approximate surface area is 321 Å². The van der Waals surface area contributed by atoms with Crippen molar-refractivity contribution in [3.63, 3.8) is 0 Å². The molecule has 0 bridgehead atoms. The molecule has 1 aliphatic rings. The van der Waals surface area contributed by atoms with Gasteiger partial charge in [-0.05, 0) is 53.6 Å². The van der Waals surface area contributed by atoms with E-state index < -0.39 is 34.1 Å². The summed E-state index contributed by atoms with van der Waals surface area (Å²) in [6.45, 7) is 8.49. The summed E-state index contributed by atoms with van der Waals surface area (Å²) in [6, 6.07) is 17.1. The van der Waals surface area contributed by atoms with Crippen LogP contribution in [0.25, 0.3) is 10.6 Å². The first-order valence-electron chi connectivity index (χ1n) is 18.2. The Morgan fingerprint density at radius 3 is 2.41 bits per heavy atom. The maximum absolute atomic E-state index is 14.4. The van der Waals surface area contributed by atoms with Gasteiger partial charge in [-0.15, -0.1) is 11.3 Å². The van der Waals surface area contributed by atoms with Crippen LogP contribution in [0.15, 0.2) is 94.6 Å². The number of rotatable bonds is 19. The Morgan fingerprint density at radius 1 is 1.02 bits per heavy atom. The molecule has 3 heterocycles. The lowest BCUT2D eigenvalue weighted by atomic mass is 9.95. The first kappa shape index (κ1) is 40.6. The summed E-state index contributed by atoms with van der Waals surface area (Å²) >= 11 is 1.48. The van der Waals surface area contributed by atoms with Gasteiger partial charge < -0.3 is 20.2 Å². The van der Waals surface area contributed by atoms with E-state index in [1.54, 1.807) is 34.3 Å². The van der Waals surface area contributed by atoms with Gasteiger partial charge >= 0.3 is 6.03 Å². The fourth-order valence-corrected chi connectivity index (χ4v) is 8.98. The van der Waals surface area contributed by atoms with E-state index in [0.717, 1.165) is 21.8 Å². The maximum atomic E-state index is 14.4. The number of aromatic nitrogens is 2. The Bertz CT molecular complexity index is 1940. The molecule has 2 aromatic carbocycles. The zero-order valence-electron chi connectivity index (χ0n) is 31.1. The minimum atomic E-state index is -4.07. The van der Waals surface area contributed by atoms with Gasteiger partial charge in [-0.3, -0.25) is 9.78 Å². The van der Waals surface area contributed by atoms with Crippen LogP contribution < -0.4 is 5.32 Å². The van der Waals surface area contributed by atoms with Gasteiger partial charge in [-0.2, -0.15) is 9.21 Å². The lowest BCUT2D eigenvalue weighted by molar-refractivity contribution is -0.128. The first-order valence-corrected chi connectivity index (χ1v) is 20.5. The number of thiazole rings is 1. The van der Waals surface area contributed by atoms with Crippen LogP contribution in [0.2, 0.25) is 0 Å². The van der Waals surface area contributed by atoms with E-state index in [0.29, 0.717) is 31.6 Å². The Kier molecular flexibility index (Phi) is 14.0. The molecule has 4 atom stereocenters. The van der Waals surface area contributed by atoms with Gasteiger partial charge in [0.15, 0.2) is 0 Å². The highest BCUT2D eigenvalue weighted by Crippen LogP contribution is 2.27. The normalized spacial score (nSPS) is 15.7. The number of carbonyl (C=O) groups is 2. The molecule has 5 rings (SSSR count). The molecule has 288 valence electrons. The third-order valence-corrected chi connectivity index (χ3v) is 12.4. The van der Waals surface area contributed by atoms with Gasteiger partial charge in [0.1, 0.15) is 17.6 Å². The van der Waals surface area contributed by atoms with Gasteiger partial charge in [-0.1, -0.05) is 81.8 Å². The summed E-state index contributed by atoms with van der Waals surface area (Å²) in [5.74, 6) is -0.697. The number of sulfonamides is 1. The fourth-order valence-electron chi connectivity index (χ4n) is 6.56. The SMILES string of the molecule is CC[C@H](C)[C@@H](C(=O)N[C@@H](Cc1ccccc1)[C@H](O)CN(CC(C)C)S(=O)(=O)c1ccc(CN=O)cc1)N1CCN(Cc2csc(-c3cccnc3)n2)C1=O. The van der Waals surface area contributed by atoms with Crippen molar-refractivity contribution in [3.8, 4) is 10.6 Å². The van der Waals surface area contributed by atoms with Crippen LogP contribution in [0.4, 0.5) is 4.79 Å². The van der Waals surface area contributed by atoms with Crippen molar-refractivity contribution in [2.45, 2.75) is 76.7 Å². The predicted molar refractivity (Wildman–Crippen MR) is 209 cm³/mol. The van der Waals surface area contributed by atoms with Crippen molar-refractivity contribution in [2.24, 2.45) is 17.0 Å². The number of hydrogen-bond acceptors (Lipinski definition) is 10. The van der Waals surface area contributed by atoms with Crippen LogP contribution in [0.3, 0.4) is 0 Å². The largest absolute Gasteiger partial charge is 0.390 e. The van der Waals surface area contributed by atoms with Gasteiger partial charge in [-0.25, -0.2) is 18.2 Å². The van der Waals surface area contributed by atoms with Crippen molar-refractivity contribution >= 4 is 33.3 Å². The Balaban J connectivity index is 1.35. The quantitative estimate of drug-likeness (QED) is 0.117. The number of aliphatic hydroxyl groups excluding tert-OH is 1. The molecular formula is C39H49N7O6S2. The van der Waals surface area contributed by atoms with Crippen LogP contribution in [0.1, 0.15) is 50.9 Å². The third-order valence-electron chi connectivity index (χ3n) is 9.59. The molecule has 0 aliphatic carbocycles. The molecule has 0 unspecified atom stereocenters. The minimum absolute atomic E-state index is 0.0218. The van der Waals surface area contributed by atoms with E-state index in [-0.39, 0.29) is 48.8 Å². The molecule has 2 aromatic heterocycles. The number of urea groups is 1. The average molecular weight is 776 g/mol. The standard InChI is InChI=1S/C39H49N7O6S2/c1-5-28(4)36(46-19-18-44(39(46)49)24-32-26-53-38(42-32)31-12-9-17-40-22-31)37(48)43-34(20-29-10-7-6-8-11-29)35(47)25-45(23-27(2)3)54(51,52)33-15-13-30(14-16-33)21-41-50/h6-17,22,26-28,34-36,47H,5,18-21,23-25H2,1-4H3,(H,43,48)/t28-,34-,35+,36-/m0/s1. The Morgan fingerprint density at radius 2 is 1.76 bits per heavy atom. The number of benzene rings is 2. The average Bonchev–Trinajstić information content (AvgIpc) is 3.78. The summed E-state index contributed by atoms with van der Waals surface area (Å²) in [7, 11) is -4.07. The monoisotopic (exact) mass is 775 g/mol. The van der Waals surface area contributed by atoms with E-state index in [9.17, 15) is 28.0 Å². The number of nitrogens with one attached hydrogen (secondary N) is 1. The molecule has 1 aliphatic heterocycles. The zero-order valence-corrected chi connectivity index (χ0v) is 32.7. The van der Waals surface area contributed by atoms with Crippen molar-refractivity contribution in [3.05, 3.63) is 106 Å². The lowest BCUT2D eigenvalue weighted by Crippen LogP contribution is -2.57. The second kappa shape index (κ2) is 18.7. The van der Waals surface area contributed by atoms with Crippen LogP contribution in [-0.4, -0.2) is 93.9 Å². The van der Waals surface area contributed by atoms with Crippen LogP contribution in [0, 0.1) is 16.7 Å². The molecule has 1 fully saturated rings. The maximum Gasteiger partial charge on any atom is 0.321 e. The van der Waals surface area contributed by atoms with Crippen LogP contribution >= 0.6 is 11.3 Å². The second-order valence-electron chi connectivity index (χ2n) is 14.1. The summed E-state index contributed by atoms with van der Waals surface area (Å²) in [4.78, 5) is 51.2. The summed E-state index contributed by atoms with van der Waals surface area (Å²) in [5.41, 5.74) is 3.08. The number of nitroso groups, excluding NO2 is 1. The summed E-state index contributed by atoms with van der Waals surface area (Å²) in [5, 5.41) is 20.5. The number of carbonyl (C=O) groups excluding carboxylic acids is 2. The summed E-state index contributed by atoms with van der Waals surface area (Å²) < 4.78 is 29.1. The van der Waals surface area contributed by atoms with Gasteiger partial charge in [0.05, 0.1) is 29.3 Å². The van der Waals surface area contributed by atoms with Gasteiger partial charge in [0.2, 0.25) is 15.9 Å². The van der Waals surface area contributed by atoms with Crippen molar-refractivity contribution in [2.75, 3.05) is 26.2 Å². The molecule has 3 amide bonds. The highest BCUT2D eigenvalue weighted by atomic mass is 32.2. The molecule has 0 spiro atoms. The number of hydrogen-bond donors (Lipinski definition) is 2. The topological polar surface area (TPSA) is 165 Å². The van der Waals surface area contributed by atoms with Crippen molar-refractivity contribution in [1.29, 1.82) is 0 Å². The van der Waals surface area contributed by atoms with E-state index in [1.165, 1.54) is 27.8 Å². The fraction of sp³-hybridized carbons (Fsp3) is 0.436. The number of pyridine rings is 1. The first-order chi connectivity index (χ1) is 25.9. The molecule has 0 saturated carbocycles. The molecule has 15 heteroatoms. The number of nitrogens with zero attached hydrogens (tertiary/aromatic N) is 6. The highest BCUT2D eigenvalue weighted by molar-refractivity contribution is 7.89. The van der Waals surface area contributed by atoms with E-state index in [2.05, 4.69) is 15.5 Å². The van der Waals surface area contributed by atoms with Crippen molar-refractivity contribution in [1.82, 2.24) is 29.4 Å². The molecule has 1 saturated heterocycles. The molecule has 4 aromatic rings. The highest BCUT2D eigenvalue weighted by Gasteiger charge is 2.41. The van der Waals surface area contributed by atoms with Gasteiger partial charge in [0.25, 0.3) is 0 Å². The molecular weight excluding hydrogens is 727 g/mol. The van der Waals surface area contributed by atoms with Crippen LogP contribution in [-0.2, 0) is 34.3 Å². The van der Waals surface area contributed by atoms with Crippen LogP contribution in [0.5, 0.6) is 0 Å². The third kappa shape index (κ3) is 10.1. The van der Waals surface area contributed by atoms with E-state index >= 15 is 0 Å². The number of amides is 3. The smallest absolute Gasteiger partial charge is 0.321 e. The lowest BCUT2D eigenvalue weighted by Gasteiger charge is -2.35. The van der Waals surface area contributed by atoms with Gasteiger partial charge in [0, 0.05) is 49.5 Å². The molecule has 2 N–H and O–H groups in total. The molecule has 13 nitrogen and oxygen atoms in total. The molecule has 54 heavy (non-hydrogen) atoms. The van der Waals surface area contributed by atoms with E-state index in [4.69, 9.17) is 4.98 Å².